The molecule has 128 valence electrons. The average Bonchev–Trinajstić information content (AvgIpc) is 2.84. The normalized spacial score (nSPS) is 14.1. The van der Waals surface area contributed by atoms with Crippen molar-refractivity contribution in [3.8, 4) is 5.88 Å². The molecule has 4 nitrogen and oxygen atoms in total. The Morgan fingerprint density at radius 1 is 1.33 bits per heavy atom. The van der Waals surface area contributed by atoms with E-state index < -0.39 is 0 Å². The van der Waals surface area contributed by atoms with Crippen LogP contribution in [0.2, 0.25) is 0 Å². The highest BCUT2D eigenvalue weighted by Crippen LogP contribution is 2.29. The van der Waals surface area contributed by atoms with Crippen molar-refractivity contribution >= 4 is 17.2 Å². The lowest BCUT2D eigenvalue weighted by Gasteiger charge is -2.13. The van der Waals surface area contributed by atoms with E-state index in [1.165, 1.54) is 29.7 Å². The van der Waals surface area contributed by atoms with E-state index in [1.54, 1.807) is 17.5 Å². The number of nitrogens with one attached hydrogen (secondary N) is 1. The van der Waals surface area contributed by atoms with Gasteiger partial charge in [0.15, 0.2) is 0 Å². The van der Waals surface area contributed by atoms with Crippen molar-refractivity contribution in [1.29, 1.82) is 0 Å². The number of ether oxygens (including phenoxy) is 1. The molecule has 1 aliphatic rings. The zero-order valence-electron chi connectivity index (χ0n) is 14.3. The van der Waals surface area contributed by atoms with Crippen LogP contribution in [0.5, 0.6) is 5.88 Å². The highest BCUT2D eigenvalue weighted by molar-refractivity contribution is 7.14. The Morgan fingerprint density at radius 2 is 2.17 bits per heavy atom. The van der Waals surface area contributed by atoms with Gasteiger partial charge in [-0.3, -0.25) is 4.79 Å². The molecule has 0 aliphatic heterocycles. The average molecular weight is 344 g/mol. The lowest BCUT2D eigenvalue weighted by Crippen LogP contribution is -2.22. The van der Waals surface area contributed by atoms with Crippen molar-refractivity contribution in [2.45, 2.75) is 58.6 Å². The van der Waals surface area contributed by atoms with Crippen LogP contribution in [0, 0.1) is 0 Å². The Bertz CT molecular complexity index is 686. The van der Waals surface area contributed by atoms with E-state index in [4.69, 9.17) is 4.74 Å². The molecule has 3 rings (SSSR count). The fourth-order valence-corrected chi connectivity index (χ4v) is 4.10. The fraction of sp³-hybridized carbons (Fsp3) is 0.474. The second-order valence-corrected chi connectivity index (χ2v) is 7.57. The number of carbonyl (C=O) groups is 1. The van der Waals surface area contributed by atoms with E-state index >= 15 is 0 Å². The van der Waals surface area contributed by atoms with Crippen molar-refractivity contribution < 1.29 is 9.53 Å². The van der Waals surface area contributed by atoms with E-state index in [2.05, 4.69) is 16.4 Å². The number of pyridine rings is 1. The first-order chi connectivity index (χ1) is 11.6. The summed E-state index contributed by atoms with van der Waals surface area (Å²) in [6.45, 7) is 4.36. The summed E-state index contributed by atoms with van der Waals surface area (Å²) < 4.78 is 5.70. The Morgan fingerprint density at radius 3 is 3.00 bits per heavy atom. The third-order valence-electron chi connectivity index (χ3n) is 4.11. The van der Waals surface area contributed by atoms with Crippen LogP contribution in [0.1, 0.15) is 58.8 Å². The molecule has 0 radical (unpaired) electrons. The van der Waals surface area contributed by atoms with Crippen LogP contribution in [-0.2, 0) is 19.4 Å². The van der Waals surface area contributed by atoms with Crippen LogP contribution in [0.4, 0.5) is 0 Å². The molecule has 0 aromatic carbocycles. The smallest absolute Gasteiger partial charge is 0.261 e. The van der Waals surface area contributed by atoms with Crippen molar-refractivity contribution in [3.63, 3.8) is 0 Å². The topological polar surface area (TPSA) is 51.2 Å². The van der Waals surface area contributed by atoms with Gasteiger partial charge in [-0.2, -0.15) is 0 Å². The van der Waals surface area contributed by atoms with Crippen LogP contribution >= 0.6 is 11.3 Å². The number of rotatable bonds is 5. The monoisotopic (exact) mass is 344 g/mol. The van der Waals surface area contributed by atoms with Gasteiger partial charge in [-0.25, -0.2) is 4.98 Å². The van der Waals surface area contributed by atoms with Crippen molar-refractivity contribution in [2.75, 3.05) is 0 Å². The summed E-state index contributed by atoms with van der Waals surface area (Å²) in [6, 6.07) is 5.88. The largest absolute Gasteiger partial charge is 0.475 e. The molecule has 1 amide bonds. The van der Waals surface area contributed by atoms with Gasteiger partial charge in [-0.1, -0.05) is 12.5 Å². The standard InChI is InChI=1S/C19H24N2O2S/c1-13(2)23-19-15(8-6-10-20-19)12-21-18(22)17-11-14-7-4-3-5-9-16(14)24-17/h6,8,10-11,13H,3-5,7,9,12H2,1-2H3,(H,21,22). The number of amides is 1. The second-order valence-electron chi connectivity index (χ2n) is 6.44. The molecule has 24 heavy (non-hydrogen) atoms. The lowest BCUT2D eigenvalue weighted by molar-refractivity contribution is 0.0954. The molecule has 0 unspecified atom stereocenters. The summed E-state index contributed by atoms with van der Waals surface area (Å²) >= 11 is 1.65. The summed E-state index contributed by atoms with van der Waals surface area (Å²) in [5, 5.41) is 3.01. The molecule has 0 bridgehead atoms. The van der Waals surface area contributed by atoms with Crippen molar-refractivity contribution in [2.24, 2.45) is 0 Å². The van der Waals surface area contributed by atoms with Crippen molar-refractivity contribution in [1.82, 2.24) is 10.3 Å². The summed E-state index contributed by atoms with van der Waals surface area (Å²) in [7, 11) is 0. The maximum absolute atomic E-state index is 12.5. The molecule has 1 aliphatic carbocycles. The molecule has 0 spiro atoms. The molecule has 2 aromatic heterocycles. The quantitative estimate of drug-likeness (QED) is 0.830. The second kappa shape index (κ2) is 7.79. The van der Waals surface area contributed by atoms with Gasteiger partial charge in [0.05, 0.1) is 11.0 Å². The van der Waals surface area contributed by atoms with E-state index in [0.717, 1.165) is 23.3 Å². The van der Waals surface area contributed by atoms with Gasteiger partial charge in [0.1, 0.15) is 0 Å². The zero-order chi connectivity index (χ0) is 16.9. The highest BCUT2D eigenvalue weighted by atomic mass is 32.1. The highest BCUT2D eigenvalue weighted by Gasteiger charge is 2.17. The predicted molar refractivity (Wildman–Crippen MR) is 96.7 cm³/mol. The maximum atomic E-state index is 12.5. The number of nitrogens with zero attached hydrogens (tertiary/aromatic N) is 1. The Kier molecular flexibility index (Phi) is 5.51. The number of hydrogen-bond donors (Lipinski definition) is 1. The minimum atomic E-state index is -0.00702. The Hall–Kier alpha value is -1.88. The van der Waals surface area contributed by atoms with Crippen LogP contribution in [0.3, 0.4) is 0 Å². The SMILES string of the molecule is CC(C)Oc1ncccc1CNC(=O)c1cc2c(s1)CCCCC2. The Balaban J connectivity index is 1.66. The van der Waals surface area contributed by atoms with Crippen LogP contribution in [0.25, 0.3) is 0 Å². The van der Waals surface area contributed by atoms with E-state index in [9.17, 15) is 4.79 Å². The first-order valence-electron chi connectivity index (χ1n) is 8.64. The number of fused-ring (bicyclic) bond motifs is 1. The Labute approximate surface area is 147 Å². The minimum absolute atomic E-state index is 0.00702. The van der Waals surface area contributed by atoms with Gasteiger partial charge in [-0.05, 0) is 57.2 Å². The first kappa shape index (κ1) is 17.0. The lowest BCUT2D eigenvalue weighted by atomic mass is 10.1. The number of hydrogen-bond acceptors (Lipinski definition) is 4. The number of aromatic nitrogens is 1. The summed E-state index contributed by atoms with van der Waals surface area (Å²) in [6.07, 6.45) is 7.75. The third kappa shape index (κ3) is 4.15. The molecular weight excluding hydrogens is 320 g/mol. The molecule has 0 saturated heterocycles. The number of aryl methyl sites for hydroxylation is 2. The summed E-state index contributed by atoms with van der Waals surface area (Å²) in [4.78, 5) is 19.0. The molecule has 0 saturated carbocycles. The van der Waals surface area contributed by atoms with Gasteiger partial charge in [-0.15, -0.1) is 11.3 Å². The molecule has 2 aromatic rings. The van der Waals surface area contributed by atoms with Crippen LogP contribution < -0.4 is 10.1 Å². The zero-order valence-corrected chi connectivity index (χ0v) is 15.1. The van der Waals surface area contributed by atoms with Gasteiger partial charge in [0.2, 0.25) is 5.88 Å². The van der Waals surface area contributed by atoms with Crippen LogP contribution in [-0.4, -0.2) is 17.0 Å². The molecule has 2 heterocycles. The summed E-state index contributed by atoms with van der Waals surface area (Å²) in [5.74, 6) is 0.585. The van der Waals surface area contributed by atoms with Gasteiger partial charge in [0.25, 0.3) is 5.91 Å². The fourth-order valence-electron chi connectivity index (χ4n) is 2.93. The van der Waals surface area contributed by atoms with Crippen molar-refractivity contribution in [3.05, 3.63) is 45.3 Å². The summed E-state index contributed by atoms with van der Waals surface area (Å²) in [5.41, 5.74) is 2.27. The number of thiophene rings is 1. The molecular formula is C19H24N2O2S. The van der Waals surface area contributed by atoms with Crippen LogP contribution in [0.15, 0.2) is 24.4 Å². The molecule has 0 fully saturated rings. The van der Waals surface area contributed by atoms with Gasteiger partial charge < -0.3 is 10.1 Å². The maximum Gasteiger partial charge on any atom is 0.261 e. The predicted octanol–water partition coefficient (Wildman–Crippen LogP) is 4.13. The minimum Gasteiger partial charge on any atom is -0.475 e. The van der Waals surface area contributed by atoms with Gasteiger partial charge >= 0.3 is 0 Å². The third-order valence-corrected chi connectivity index (χ3v) is 5.34. The van der Waals surface area contributed by atoms with E-state index in [1.807, 2.05) is 26.0 Å². The molecule has 0 atom stereocenters. The molecule has 1 N–H and O–H groups in total. The number of carbonyl (C=O) groups excluding carboxylic acids is 1. The first-order valence-corrected chi connectivity index (χ1v) is 9.45. The van der Waals surface area contributed by atoms with E-state index in [0.29, 0.717) is 12.4 Å². The molecule has 5 heteroatoms. The van der Waals surface area contributed by atoms with E-state index in [-0.39, 0.29) is 12.0 Å². The van der Waals surface area contributed by atoms with Gasteiger partial charge in [0, 0.05) is 23.2 Å².